The molecule has 1 aromatic carbocycles. The van der Waals surface area contributed by atoms with Crippen LogP contribution in [0.15, 0.2) is 36.8 Å². The van der Waals surface area contributed by atoms with E-state index in [1.807, 2.05) is 12.4 Å². The van der Waals surface area contributed by atoms with Crippen molar-refractivity contribution >= 4 is 21.7 Å². The maximum Gasteiger partial charge on any atom is 0.0537 e. The summed E-state index contributed by atoms with van der Waals surface area (Å²) in [6, 6.07) is 6.40. The van der Waals surface area contributed by atoms with Crippen molar-refractivity contribution in [2.24, 2.45) is 0 Å². The molecule has 0 unspecified atom stereocenters. The van der Waals surface area contributed by atoms with Gasteiger partial charge >= 0.3 is 0 Å². The first-order chi connectivity index (χ1) is 7.77. The van der Waals surface area contributed by atoms with Gasteiger partial charge in [-0.3, -0.25) is 4.98 Å². The number of hydrogen-bond donors (Lipinski definition) is 1. The molecule has 2 heteroatoms. The molecule has 2 nitrogen and oxygen atoms in total. The average Bonchev–Trinajstić information content (AvgIpc) is 2.73. The molecule has 3 rings (SSSR count). The highest BCUT2D eigenvalue weighted by molar-refractivity contribution is 6.06. The van der Waals surface area contributed by atoms with Crippen LogP contribution in [0.5, 0.6) is 0 Å². The van der Waals surface area contributed by atoms with Crippen LogP contribution in [0.2, 0.25) is 0 Å². The zero-order chi connectivity index (χ0) is 11.1. The first kappa shape index (κ1) is 9.40. The molecule has 0 aliphatic rings. The summed E-state index contributed by atoms with van der Waals surface area (Å²) in [6.07, 6.45) is 5.87. The van der Waals surface area contributed by atoms with E-state index in [1.165, 1.54) is 27.2 Å². The van der Waals surface area contributed by atoms with E-state index in [-0.39, 0.29) is 0 Å². The van der Waals surface area contributed by atoms with Gasteiger partial charge in [-0.1, -0.05) is 26.0 Å². The van der Waals surface area contributed by atoms with Crippen molar-refractivity contribution in [3.63, 3.8) is 0 Å². The highest BCUT2D eigenvalue weighted by Crippen LogP contribution is 2.29. The number of benzene rings is 1. The third-order valence-electron chi connectivity index (χ3n) is 3.13. The lowest BCUT2D eigenvalue weighted by atomic mass is 10.0. The van der Waals surface area contributed by atoms with Crippen LogP contribution in [0.1, 0.15) is 25.3 Å². The maximum absolute atomic E-state index is 4.15. The van der Waals surface area contributed by atoms with Crippen LogP contribution in [-0.2, 0) is 0 Å². The molecule has 0 amide bonds. The maximum atomic E-state index is 4.15. The first-order valence-corrected chi connectivity index (χ1v) is 5.61. The Morgan fingerprint density at radius 1 is 1.12 bits per heavy atom. The summed E-state index contributed by atoms with van der Waals surface area (Å²) >= 11 is 0. The van der Waals surface area contributed by atoms with Gasteiger partial charge in [0.15, 0.2) is 0 Å². The van der Waals surface area contributed by atoms with Gasteiger partial charge in [-0.25, -0.2) is 0 Å². The van der Waals surface area contributed by atoms with Gasteiger partial charge in [-0.2, -0.15) is 0 Å². The Bertz CT molecular complexity index is 650. The van der Waals surface area contributed by atoms with E-state index in [4.69, 9.17) is 0 Å². The number of nitrogens with zero attached hydrogens (tertiary/aromatic N) is 1. The third-order valence-corrected chi connectivity index (χ3v) is 3.13. The van der Waals surface area contributed by atoms with Gasteiger partial charge in [-0.15, -0.1) is 0 Å². The molecule has 3 aromatic rings. The molecular weight excluding hydrogens is 196 g/mol. The second kappa shape index (κ2) is 3.34. The number of nitrogens with one attached hydrogen (secondary N) is 1. The van der Waals surface area contributed by atoms with E-state index >= 15 is 0 Å². The van der Waals surface area contributed by atoms with Crippen LogP contribution in [-0.4, -0.2) is 9.97 Å². The molecule has 80 valence electrons. The molecule has 0 bridgehead atoms. The molecule has 0 aliphatic heterocycles. The second-order valence-corrected chi connectivity index (χ2v) is 4.48. The van der Waals surface area contributed by atoms with Gasteiger partial charge in [0.25, 0.3) is 0 Å². The lowest BCUT2D eigenvalue weighted by Crippen LogP contribution is -1.83. The van der Waals surface area contributed by atoms with E-state index in [9.17, 15) is 0 Å². The predicted octanol–water partition coefficient (Wildman–Crippen LogP) is 3.84. The molecule has 0 atom stereocenters. The van der Waals surface area contributed by atoms with Gasteiger partial charge in [0.1, 0.15) is 0 Å². The van der Waals surface area contributed by atoms with Crippen LogP contribution >= 0.6 is 0 Å². The van der Waals surface area contributed by atoms with E-state index in [2.05, 4.69) is 48.2 Å². The third kappa shape index (κ3) is 1.23. The lowest BCUT2D eigenvalue weighted by Gasteiger charge is -2.03. The molecule has 1 N–H and O–H groups in total. The summed E-state index contributed by atoms with van der Waals surface area (Å²) in [7, 11) is 0. The van der Waals surface area contributed by atoms with Gasteiger partial charge in [0.2, 0.25) is 0 Å². The number of fused-ring (bicyclic) bond motifs is 3. The number of rotatable bonds is 1. The molecule has 0 fully saturated rings. The molecule has 2 heterocycles. The van der Waals surface area contributed by atoms with Gasteiger partial charge < -0.3 is 4.98 Å². The molecule has 0 spiro atoms. The van der Waals surface area contributed by atoms with E-state index in [0.29, 0.717) is 5.92 Å². The minimum atomic E-state index is 0.549. The summed E-state index contributed by atoms with van der Waals surface area (Å²) in [5.74, 6) is 0.549. The Morgan fingerprint density at radius 3 is 2.81 bits per heavy atom. The van der Waals surface area contributed by atoms with Crippen LogP contribution in [0.4, 0.5) is 0 Å². The van der Waals surface area contributed by atoms with Crippen molar-refractivity contribution in [3.05, 3.63) is 42.4 Å². The highest BCUT2D eigenvalue weighted by Gasteiger charge is 2.09. The summed E-state index contributed by atoms with van der Waals surface area (Å²) in [5, 5.41) is 3.76. The molecule has 2 aromatic heterocycles. The number of H-pyrrole nitrogens is 1. The fraction of sp³-hybridized carbons (Fsp3) is 0.214. The van der Waals surface area contributed by atoms with Crippen molar-refractivity contribution in [3.8, 4) is 0 Å². The number of pyridine rings is 1. The number of aromatic amines is 1. The Morgan fingerprint density at radius 2 is 2.00 bits per heavy atom. The number of aromatic nitrogens is 2. The normalized spacial score (nSPS) is 11.7. The largest absolute Gasteiger partial charge is 0.360 e. The van der Waals surface area contributed by atoms with E-state index in [0.717, 1.165) is 0 Å². The summed E-state index contributed by atoms with van der Waals surface area (Å²) in [4.78, 5) is 7.53. The fourth-order valence-electron chi connectivity index (χ4n) is 2.27. The van der Waals surface area contributed by atoms with Crippen LogP contribution < -0.4 is 0 Å². The standard InChI is InChI=1S/C14H14N2/c1-9(2)13-8-16-14-11-5-6-15-7-10(11)3-4-12(13)14/h3-9,16H,1-2H3. The molecule has 0 aliphatic carbocycles. The van der Waals surface area contributed by atoms with Crippen LogP contribution in [0.3, 0.4) is 0 Å². The van der Waals surface area contributed by atoms with E-state index < -0.39 is 0 Å². The molecular formula is C14H14N2. The van der Waals surface area contributed by atoms with Crippen molar-refractivity contribution in [1.29, 1.82) is 0 Å². The minimum Gasteiger partial charge on any atom is -0.360 e. The van der Waals surface area contributed by atoms with Crippen molar-refractivity contribution in [2.45, 2.75) is 19.8 Å². The Hall–Kier alpha value is -1.83. The minimum absolute atomic E-state index is 0.549. The Balaban J connectivity index is 2.45. The second-order valence-electron chi connectivity index (χ2n) is 4.48. The molecule has 16 heavy (non-hydrogen) atoms. The van der Waals surface area contributed by atoms with Crippen LogP contribution in [0.25, 0.3) is 21.7 Å². The topological polar surface area (TPSA) is 28.7 Å². The smallest absolute Gasteiger partial charge is 0.0537 e. The molecule has 0 saturated carbocycles. The zero-order valence-corrected chi connectivity index (χ0v) is 9.49. The summed E-state index contributed by atoms with van der Waals surface area (Å²) in [5.41, 5.74) is 2.61. The van der Waals surface area contributed by atoms with Crippen molar-refractivity contribution < 1.29 is 0 Å². The van der Waals surface area contributed by atoms with Crippen LogP contribution in [0, 0.1) is 0 Å². The molecule has 0 saturated heterocycles. The quantitative estimate of drug-likeness (QED) is 0.649. The Labute approximate surface area is 94.3 Å². The Kier molecular flexibility index (Phi) is 1.96. The molecule has 0 radical (unpaired) electrons. The SMILES string of the molecule is CC(C)c1c[nH]c2c1ccc1cnccc12. The zero-order valence-electron chi connectivity index (χ0n) is 9.49. The fourth-order valence-corrected chi connectivity index (χ4v) is 2.27. The van der Waals surface area contributed by atoms with Crippen molar-refractivity contribution in [2.75, 3.05) is 0 Å². The summed E-state index contributed by atoms with van der Waals surface area (Å²) in [6.45, 7) is 4.44. The summed E-state index contributed by atoms with van der Waals surface area (Å²) < 4.78 is 0. The van der Waals surface area contributed by atoms with Gasteiger partial charge in [0, 0.05) is 34.7 Å². The predicted molar refractivity (Wildman–Crippen MR) is 67.7 cm³/mol. The van der Waals surface area contributed by atoms with Crippen molar-refractivity contribution in [1.82, 2.24) is 9.97 Å². The highest BCUT2D eigenvalue weighted by atomic mass is 14.7. The van der Waals surface area contributed by atoms with Gasteiger partial charge in [0.05, 0.1) is 5.52 Å². The lowest BCUT2D eigenvalue weighted by molar-refractivity contribution is 0.875. The van der Waals surface area contributed by atoms with E-state index in [1.54, 1.807) is 0 Å². The average molecular weight is 210 g/mol. The van der Waals surface area contributed by atoms with Gasteiger partial charge in [-0.05, 0) is 17.5 Å². The monoisotopic (exact) mass is 210 g/mol. The number of hydrogen-bond acceptors (Lipinski definition) is 1. The first-order valence-electron chi connectivity index (χ1n) is 5.61.